The first kappa shape index (κ1) is 17.6. The summed E-state index contributed by atoms with van der Waals surface area (Å²) in [4.78, 5) is 11.5. The van der Waals surface area contributed by atoms with Gasteiger partial charge in [0.2, 0.25) is 10.0 Å². The molecule has 0 fully saturated rings. The Balaban J connectivity index is 3.03. The fourth-order valence-corrected chi connectivity index (χ4v) is 2.50. The predicted octanol–water partition coefficient (Wildman–Crippen LogP) is 2.37. The number of benzene rings is 1. The number of carbonyl (C=O) groups excluding carboxylic acids is 1. The maximum Gasteiger partial charge on any atom is 0.338 e. The van der Waals surface area contributed by atoms with Crippen LogP contribution in [0.25, 0.3) is 0 Å². The van der Waals surface area contributed by atoms with Crippen LogP contribution in [0.5, 0.6) is 0 Å². The molecule has 0 heterocycles. The molecule has 0 aromatic heterocycles. The Labute approximate surface area is 124 Å². The van der Waals surface area contributed by atoms with Crippen molar-refractivity contribution in [3.63, 3.8) is 0 Å². The fraction of sp³-hybridized carbons (Fsp3) is 0.500. The highest BCUT2D eigenvalue weighted by Gasteiger charge is 2.21. The van der Waals surface area contributed by atoms with E-state index in [9.17, 15) is 17.6 Å². The first-order valence-electron chi connectivity index (χ1n) is 6.42. The van der Waals surface area contributed by atoms with Crippen LogP contribution < -0.4 is 5.14 Å². The van der Waals surface area contributed by atoms with Gasteiger partial charge in [0, 0.05) is 0 Å². The number of halogens is 1. The molecule has 1 rings (SSSR count). The molecule has 1 aromatic rings. The van der Waals surface area contributed by atoms with Crippen LogP contribution in [0.2, 0.25) is 0 Å². The summed E-state index contributed by atoms with van der Waals surface area (Å²) in [5, 5.41) is 5.01. The monoisotopic (exact) mass is 317 g/mol. The lowest BCUT2D eigenvalue weighted by atomic mass is 9.93. The van der Waals surface area contributed by atoms with Crippen LogP contribution >= 0.6 is 0 Å². The lowest BCUT2D eigenvalue weighted by Gasteiger charge is -2.18. The molecule has 0 aliphatic heterocycles. The Hall–Kier alpha value is -1.47. The lowest BCUT2D eigenvalue weighted by molar-refractivity contribution is 0.0463. The minimum absolute atomic E-state index is 0.0109. The van der Waals surface area contributed by atoms with E-state index in [1.165, 1.54) is 6.92 Å². The van der Waals surface area contributed by atoms with E-state index < -0.39 is 26.7 Å². The van der Waals surface area contributed by atoms with Crippen molar-refractivity contribution in [1.82, 2.24) is 0 Å². The van der Waals surface area contributed by atoms with Gasteiger partial charge in [0.1, 0.15) is 5.82 Å². The molecule has 0 unspecified atom stereocenters. The molecule has 0 saturated heterocycles. The summed E-state index contributed by atoms with van der Waals surface area (Å²) >= 11 is 0. The summed E-state index contributed by atoms with van der Waals surface area (Å²) in [5.41, 5.74) is -0.0594. The van der Waals surface area contributed by atoms with Crippen LogP contribution in [0.15, 0.2) is 17.0 Å². The number of rotatable bonds is 4. The van der Waals surface area contributed by atoms with E-state index in [2.05, 4.69) is 0 Å². The topological polar surface area (TPSA) is 86.5 Å². The van der Waals surface area contributed by atoms with Gasteiger partial charge in [0.05, 0.1) is 17.1 Å². The van der Waals surface area contributed by atoms with Crippen molar-refractivity contribution in [1.29, 1.82) is 0 Å². The number of sulfonamides is 1. The molecule has 5 nitrogen and oxygen atoms in total. The minimum Gasteiger partial charge on any atom is -0.462 e. The number of hydrogen-bond donors (Lipinski definition) is 1. The van der Waals surface area contributed by atoms with Crippen molar-refractivity contribution in [3.05, 3.63) is 29.1 Å². The van der Waals surface area contributed by atoms with Crippen LogP contribution in [0.3, 0.4) is 0 Å². The maximum absolute atomic E-state index is 13.5. The average Bonchev–Trinajstić information content (AvgIpc) is 2.28. The number of ether oxygens (including phenoxy) is 1. The van der Waals surface area contributed by atoms with E-state index in [4.69, 9.17) is 9.88 Å². The van der Waals surface area contributed by atoms with E-state index in [-0.39, 0.29) is 23.1 Å². The average molecular weight is 317 g/mol. The second kappa shape index (κ2) is 6.11. The van der Waals surface area contributed by atoms with Crippen LogP contribution in [0, 0.1) is 18.2 Å². The largest absolute Gasteiger partial charge is 0.462 e. The third kappa shape index (κ3) is 5.09. The van der Waals surface area contributed by atoms with E-state index >= 15 is 0 Å². The van der Waals surface area contributed by atoms with Crippen molar-refractivity contribution in [2.75, 3.05) is 6.61 Å². The standard InChI is InChI=1S/C14H20FNO4S/c1-9-11(13(17)20-6-5-14(2,3)4)7-10(15)8-12(9)21(16,18)19/h7-8H,5-6H2,1-4H3,(H2,16,18,19). The zero-order chi connectivity index (χ0) is 16.4. The zero-order valence-electron chi connectivity index (χ0n) is 12.6. The zero-order valence-corrected chi connectivity index (χ0v) is 13.4. The number of hydrogen-bond acceptors (Lipinski definition) is 4. The quantitative estimate of drug-likeness (QED) is 0.864. The second-order valence-corrected chi connectivity index (χ2v) is 7.60. The highest BCUT2D eigenvalue weighted by molar-refractivity contribution is 7.89. The number of carbonyl (C=O) groups is 1. The van der Waals surface area contributed by atoms with Gasteiger partial charge in [-0.05, 0) is 36.5 Å². The molecule has 21 heavy (non-hydrogen) atoms. The highest BCUT2D eigenvalue weighted by atomic mass is 32.2. The van der Waals surface area contributed by atoms with Gasteiger partial charge < -0.3 is 4.74 Å². The van der Waals surface area contributed by atoms with E-state index in [1.807, 2.05) is 20.8 Å². The summed E-state index contributed by atoms with van der Waals surface area (Å²) in [6.45, 7) is 7.54. The third-order valence-electron chi connectivity index (χ3n) is 2.94. The SMILES string of the molecule is Cc1c(C(=O)OCCC(C)(C)C)cc(F)cc1S(N)(=O)=O. The predicted molar refractivity (Wildman–Crippen MR) is 76.9 cm³/mol. The van der Waals surface area contributed by atoms with Crippen molar-refractivity contribution in [3.8, 4) is 0 Å². The van der Waals surface area contributed by atoms with Crippen molar-refractivity contribution in [2.45, 2.75) is 39.0 Å². The van der Waals surface area contributed by atoms with Crippen molar-refractivity contribution < 1.29 is 22.3 Å². The molecule has 0 atom stereocenters. The molecule has 0 radical (unpaired) electrons. The van der Waals surface area contributed by atoms with Crippen LogP contribution in [-0.2, 0) is 14.8 Å². The van der Waals surface area contributed by atoms with E-state index in [0.29, 0.717) is 6.42 Å². The number of primary sulfonamides is 1. The van der Waals surface area contributed by atoms with Crippen molar-refractivity contribution >= 4 is 16.0 Å². The van der Waals surface area contributed by atoms with Gasteiger partial charge in [0.15, 0.2) is 0 Å². The van der Waals surface area contributed by atoms with E-state index in [1.54, 1.807) is 0 Å². The molecule has 2 N–H and O–H groups in total. The molecular weight excluding hydrogens is 297 g/mol. The van der Waals surface area contributed by atoms with Crippen LogP contribution in [0.1, 0.15) is 43.1 Å². The van der Waals surface area contributed by atoms with Gasteiger partial charge in [-0.15, -0.1) is 0 Å². The summed E-state index contributed by atoms with van der Waals surface area (Å²) in [7, 11) is -4.10. The molecule has 0 aliphatic rings. The minimum atomic E-state index is -4.10. The smallest absolute Gasteiger partial charge is 0.338 e. The van der Waals surface area contributed by atoms with E-state index in [0.717, 1.165) is 12.1 Å². The Morgan fingerprint density at radius 3 is 2.38 bits per heavy atom. The molecule has 0 spiro atoms. The molecular formula is C14H20FNO4S. The summed E-state index contributed by atoms with van der Waals surface area (Å²) in [5.74, 6) is -1.62. The molecule has 0 saturated carbocycles. The molecule has 0 bridgehead atoms. The van der Waals surface area contributed by atoms with Crippen LogP contribution in [-0.4, -0.2) is 21.0 Å². The third-order valence-corrected chi connectivity index (χ3v) is 3.97. The Morgan fingerprint density at radius 1 is 1.33 bits per heavy atom. The Bertz CT molecular complexity index is 648. The van der Waals surface area contributed by atoms with Gasteiger partial charge in [0.25, 0.3) is 0 Å². The Morgan fingerprint density at radius 2 is 1.90 bits per heavy atom. The van der Waals surface area contributed by atoms with Gasteiger partial charge >= 0.3 is 5.97 Å². The lowest BCUT2D eigenvalue weighted by Crippen LogP contribution is -2.18. The first-order chi connectivity index (χ1) is 9.42. The first-order valence-corrected chi connectivity index (χ1v) is 7.96. The van der Waals surface area contributed by atoms with Crippen LogP contribution in [0.4, 0.5) is 4.39 Å². The van der Waals surface area contributed by atoms with Gasteiger partial charge in [-0.25, -0.2) is 22.7 Å². The number of nitrogens with two attached hydrogens (primary N) is 1. The number of esters is 1. The maximum atomic E-state index is 13.5. The summed E-state index contributed by atoms with van der Waals surface area (Å²) in [6.07, 6.45) is 0.634. The Kier molecular flexibility index (Phi) is 5.11. The summed E-state index contributed by atoms with van der Waals surface area (Å²) in [6, 6.07) is 1.74. The molecule has 0 amide bonds. The van der Waals surface area contributed by atoms with Gasteiger partial charge in [-0.2, -0.15) is 0 Å². The molecule has 7 heteroatoms. The normalized spacial score (nSPS) is 12.3. The van der Waals surface area contributed by atoms with Gasteiger partial charge in [-0.3, -0.25) is 0 Å². The second-order valence-electron chi connectivity index (χ2n) is 6.07. The van der Waals surface area contributed by atoms with Gasteiger partial charge in [-0.1, -0.05) is 20.8 Å². The van der Waals surface area contributed by atoms with Crippen molar-refractivity contribution in [2.24, 2.45) is 10.6 Å². The summed E-state index contributed by atoms with van der Waals surface area (Å²) < 4.78 is 41.3. The molecule has 118 valence electrons. The molecule has 0 aliphatic carbocycles. The fourth-order valence-electron chi connectivity index (χ4n) is 1.69. The highest BCUT2D eigenvalue weighted by Crippen LogP contribution is 2.22. The molecule has 1 aromatic carbocycles.